The first-order valence-electron chi connectivity index (χ1n) is 15.6. The van der Waals surface area contributed by atoms with Gasteiger partial charge in [0.1, 0.15) is 11.6 Å². The van der Waals surface area contributed by atoms with Crippen molar-refractivity contribution in [3.63, 3.8) is 0 Å². The molecule has 0 saturated heterocycles. The third kappa shape index (κ3) is 7.43. The highest BCUT2D eigenvalue weighted by atomic mass is 19.3. The van der Waals surface area contributed by atoms with Crippen molar-refractivity contribution in [1.82, 2.24) is 0 Å². The number of alkyl halides is 2. The van der Waals surface area contributed by atoms with E-state index in [2.05, 4.69) is 11.7 Å². The van der Waals surface area contributed by atoms with Crippen LogP contribution >= 0.6 is 0 Å². The van der Waals surface area contributed by atoms with E-state index < -0.39 is 35.2 Å². The summed E-state index contributed by atoms with van der Waals surface area (Å²) in [6.07, 6.45) is 9.92. The molecular formula is C34H42F6O. The number of aryl methyl sites for hydroxylation is 1. The molecule has 3 fully saturated rings. The Hall–Kier alpha value is -2.18. The van der Waals surface area contributed by atoms with Crippen molar-refractivity contribution < 1.29 is 31.1 Å². The quantitative estimate of drug-likeness (QED) is 0.223. The van der Waals surface area contributed by atoms with Gasteiger partial charge in [-0.25, -0.2) is 17.6 Å². The van der Waals surface area contributed by atoms with Gasteiger partial charge in [0.25, 0.3) is 0 Å². The molecule has 3 aliphatic rings. The zero-order valence-electron chi connectivity index (χ0n) is 23.9. The Kier molecular flexibility index (Phi) is 9.60. The van der Waals surface area contributed by atoms with E-state index in [9.17, 15) is 22.0 Å². The monoisotopic (exact) mass is 580 g/mol. The molecule has 0 aromatic heterocycles. The number of hydrogen-bond donors (Lipinski definition) is 0. The number of hydrogen-bond acceptors (Lipinski definition) is 1. The number of halogens is 6. The van der Waals surface area contributed by atoms with Crippen molar-refractivity contribution in [3.05, 3.63) is 64.7 Å². The van der Waals surface area contributed by atoms with Gasteiger partial charge in [-0.15, -0.1) is 0 Å². The summed E-state index contributed by atoms with van der Waals surface area (Å²) in [6.45, 7) is 2.37. The third-order valence-corrected chi connectivity index (χ3v) is 10.4. The van der Waals surface area contributed by atoms with E-state index in [1.54, 1.807) is 6.07 Å². The summed E-state index contributed by atoms with van der Waals surface area (Å²) in [7, 11) is 0. The predicted octanol–water partition coefficient (Wildman–Crippen LogP) is 10.8. The first-order valence-corrected chi connectivity index (χ1v) is 15.6. The van der Waals surface area contributed by atoms with Gasteiger partial charge in [-0.05, 0) is 111 Å². The van der Waals surface area contributed by atoms with Crippen LogP contribution in [0.15, 0.2) is 30.3 Å². The molecule has 1 nitrogen and oxygen atoms in total. The standard InChI is InChI=1S/C34H42F6O/c1-21-2-9-24(10-3-21)25-11-6-22(7-12-25)4-5-23-8-17-29(30(35)18-23)26-13-15-27(16-14-26)34(39,40)41-28-19-31(36)33(38)32(37)20-28/h8,17-22,24-27H,2-7,9-16H2,1H3. The van der Waals surface area contributed by atoms with Crippen LogP contribution < -0.4 is 4.74 Å². The van der Waals surface area contributed by atoms with Gasteiger partial charge in [0.2, 0.25) is 0 Å². The topological polar surface area (TPSA) is 9.23 Å². The molecule has 0 bridgehead atoms. The van der Waals surface area contributed by atoms with Crippen LogP contribution in [-0.4, -0.2) is 6.11 Å². The smallest absolute Gasteiger partial charge is 0.400 e. The lowest BCUT2D eigenvalue weighted by Crippen LogP contribution is -2.37. The van der Waals surface area contributed by atoms with Crippen molar-refractivity contribution in [2.24, 2.45) is 29.6 Å². The number of ether oxygens (including phenoxy) is 1. The second-order valence-electron chi connectivity index (χ2n) is 13.1. The molecule has 0 atom stereocenters. The van der Waals surface area contributed by atoms with Gasteiger partial charge in [0, 0.05) is 12.1 Å². The second-order valence-corrected chi connectivity index (χ2v) is 13.1. The maximum atomic E-state index is 15.1. The summed E-state index contributed by atoms with van der Waals surface area (Å²) in [5.41, 5.74) is 1.54. The fourth-order valence-corrected chi connectivity index (χ4v) is 7.71. The summed E-state index contributed by atoms with van der Waals surface area (Å²) >= 11 is 0. The molecule has 0 unspecified atom stereocenters. The molecule has 0 amide bonds. The molecule has 7 heteroatoms. The molecule has 0 aliphatic heterocycles. The first-order chi connectivity index (χ1) is 19.6. The molecule has 0 N–H and O–H groups in total. The van der Waals surface area contributed by atoms with Crippen molar-refractivity contribution >= 4 is 0 Å². The van der Waals surface area contributed by atoms with Crippen molar-refractivity contribution in [3.8, 4) is 5.75 Å². The van der Waals surface area contributed by atoms with Gasteiger partial charge in [-0.3, -0.25) is 0 Å². The van der Waals surface area contributed by atoms with Crippen LogP contribution in [0.2, 0.25) is 0 Å². The number of benzene rings is 2. The molecule has 3 aliphatic carbocycles. The molecule has 5 rings (SSSR count). The largest absolute Gasteiger partial charge is 0.432 e. The van der Waals surface area contributed by atoms with Gasteiger partial charge < -0.3 is 4.74 Å². The summed E-state index contributed by atoms with van der Waals surface area (Å²) in [6, 6.07) is 6.24. The van der Waals surface area contributed by atoms with Crippen LogP contribution in [0.4, 0.5) is 26.3 Å². The SMILES string of the molecule is CC1CCC(C2CCC(CCc3ccc(C4CCC(C(F)(F)Oc5cc(F)c(F)c(F)c5)CC4)c(F)c3)CC2)CC1. The number of rotatable bonds is 8. The fourth-order valence-electron chi connectivity index (χ4n) is 7.71. The highest BCUT2D eigenvalue weighted by Gasteiger charge is 2.44. The average Bonchev–Trinajstić information content (AvgIpc) is 2.95. The van der Waals surface area contributed by atoms with E-state index in [0.29, 0.717) is 36.5 Å². The molecule has 226 valence electrons. The van der Waals surface area contributed by atoms with Gasteiger partial charge in [-0.2, -0.15) is 8.78 Å². The van der Waals surface area contributed by atoms with Crippen LogP contribution in [0.1, 0.15) is 107 Å². The van der Waals surface area contributed by atoms with Gasteiger partial charge in [-0.1, -0.05) is 44.7 Å². The van der Waals surface area contributed by atoms with E-state index in [0.717, 1.165) is 36.2 Å². The van der Waals surface area contributed by atoms with Gasteiger partial charge in [0.05, 0.1) is 5.92 Å². The first kappa shape index (κ1) is 30.3. The van der Waals surface area contributed by atoms with E-state index in [-0.39, 0.29) is 24.6 Å². The van der Waals surface area contributed by atoms with Gasteiger partial charge >= 0.3 is 6.11 Å². The average molecular weight is 581 g/mol. The third-order valence-electron chi connectivity index (χ3n) is 10.4. The van der Waals surface area contributed by atoms with Gasteiger partial charge in [0.15, 0.2) is 17.5 Å². The Morgan fingerprint density at radius 3 is 1.88 bits per heavy atom. The minimum absolute atomic E-state index is 0.0770. The summed E-state index contributed by atoms with van der Waals surface area (Å²) < 4.78 is 89.2. The molecule has 41 heavy (non-hydrogen) atoms. The van der Waals surface area contributed by atoms with Crippen molar-refractivity contribution in [2.45, 2.75) is 109 Å². The zero-order chi connectivity index (χ0) is 29.1. The lowest BCUT2D eigenvalue weighted by Gasteiger charge is -2.37. The predicted molar refractivity (Wildman–Crippen MR) is 148 cm³/mol. The molecule has 0 spiro atoms. The van der Waals surface area contributed by atoms with E-state index >= 15 is 4.39 Å². The maximum absolute atomic E-state index is 15.1. The molecule has 3 saturated carbocycles. The van der Waals surface area contributed by atoms with Crippen LogP contribution in [0.3, 0.4) is 0 Å². The van der Waals surface area contributed by atoms with Crippen molar-refractivity contribution in [1.29, 1.82) is 0 Å². The van der Waals surface area contributed by atoms with Crippen LogP contribution in [0.25, 0.3) is 0 Å². The Morgan fingerprint density at radius 2 is 1.29 bits per heavy atom. The molecular weight excluding hydrogens is 538 g/mol. The molecule has 2 aromatic carbocycles. The minimum Gasteiger partial charge on any atom is -0.432 e. The van der Waals surface area contributed by atoms with E-state index in [1.165, 1.54) is 51.4 Å². The highest BCUT2D eigenvalue weighted by Crippen LogP contribution is 2.45. The maximum Gasteiger partial charge on any atom is 0.400 e. The minimum atomic E-state index is -3.68. The lowest BCUT2D eigenvalue weighted by molar-refractivity contribution is -0.222. The Balaban J connectivity index is 1.08. The molecule has 0 heterocycles. The van der Waals surface area contributed by atoms with Crippen LogP contribution in [0.5, 0.6) is 5.75 Å². The highest BCUT2D eigenvalue weighted by molar-refractivity contribution is 5.28. The summed E-state index contributed by atoms with van der Waals surface area (Å²) in [4.78, 5) is 0. The Bertz CT molecular complexity index is 1130. The summed E-state index contributed by atoms with van der Waals surface area (Å²) in [5, 5.41) is 0. The molecule has 2 aromatic rings. The van der Waals surface area contributed by atoms with E-state index in [4.69, 9.17) is 0 Å². The second kappa shape index (κ2) is 13.0. The normalized spacial score (nSPS) is 29.3. The van der Waals surface area contributed by atoms with E-state index in [1.807, 2.05) is 12.1 Å². The van der Waals surface area contributed by atoms with Crippen LogP contribution in [-0.2, 0) is 6.42 Å². The summed E-state index contributed by atoms with van der Waals surface area (Å²) in [5.74, 6) is -3.89. The fraction of sp³-hybridized carbons (Fsp3) is 0.647. The Morgan fingerprint density at radius 1 is 0.707 bits per heavy atom. The Labute approximate surface area is 240 Å². The lowest BCUT2D eigenvalue weighted by atomic mass is 9.69. The van der Waals surface area contributed by atoms with Crippen LogP contribution in [0, 0.1) is 52.9 Å². The zero-order valence-corrected chi connectivity index (χ0v) is 23.9. The van der Waals surface area contributed by atoms with Crippen molar-refractivity contribution in [2.75, 3.05) is 0 Å². The molecule has 0 radical (unpaired) electrons.